The van der Waals surface area contributed by atoms with Crippen molar-refractivity contribution < 1.29 is 27.8 Å². The number of rotatable bonds is 8. The summed E-state index contributed by atoms with van der Waals surface area (Å²) in [7, 11) is 0. The van der Waals surface area contributed by atoms with Gasteiger partial charge in [0.05, 0.1) is 11.6 Å². The molecular weight excluding hydrogens is 344 g/mol. The van der Waals surface area contributed by atoms with Gasteiger partial charge in [0.2, 0.25) is 0 Å². The molecule has 2 aromatic rings. The molecule has 0 aliphatic carbocycles. The highest BCUT2D eigenvalue weighted by Crippen LogP contribution is 2.25. The third-order valence-electron chi connectivity index (χ3n) is 3.62. The first-order valence-corrected chi connectivity index (χ1v) is 8.06. The Morgan fingerprint density at radius 2 is 1.69 bits per heavy atom. The van der Waals surface area contributed by atoms with E-state index in [-0.39, 0.29) is 11.4 Å². The monoisotopic (exact) mass is 363 g/mol. The molecule has 5 nitrogen and oxygen atoms in total. The smallest absolute Gasteiger partial charge is 0.387 e. The highest BCUT2D eigenvalue weighted by atomic mass is 19.3. The van der Waals surface area contributed by atoms with Crippen LogP contribution in [0, 0.1) is 0 Å². The van der Waals surface area contributed by atoms with Crippen molar-refractivity contribution in [2.24, 2.45) is 0 Å². The van der Waals surface area contributed by atoms with Gasteiger partial charge in [0.15, 0.2) is 6.61 Å². The number of hydrogen-bond acceptors (Lipinski definition) is 4. The summed E-state index contributed by atoms with van der Waals surface area (Å²) in [6.45, 7) is -1.69. The van der Waals surface area contributed by atoms with Crippen LogP contribution in [0.4, 0.5) is 14.5 Å². The van der Waals surface area contributed by atoms with Crippen molar-refractivity contribution in [1.82, 2.24) is 0 Å². The third kappa shape index (κ3) is 5.54. The summed E-state index contributed by atoms with van der Waals surface area (Å²) >= 11 is 0. The molecular formula is C19H19F2NO4. The van der Waals surface area contributed by atoms with Crippen molar-refractivity contribution >= 4 is 17.6 Å². The first kappa shape index (κ1) is 19.4. The molecule has 0 saturated carbocycles. The third-order valence-corrected chi connectivity index (χ3v) is 3.62. The molecule has 138 valence electrons. The lowest BCUT2D eigenvalue weighted by Crippen LogP contribution is -2.24. The number of nitrogens with one attached hydrogen (secondary N) is 1. The fourth-order valence-electron chi connectivity index (χ4n) is 2.42. The lowest BCUT2D eigenvalue weighted by molar-refractivity contribution is -0.149. The number of para-hydroxylation sites is 2. The zero-order valence-electron chi connectivity index (χ0n) is 14.2. The van der Waals surface area contributed by atoms with Crippen LogP contribution in [-0.2, 0) is 14.3 Å². The first-order valence-electron chi connectivity index (χ1n) is 8.06. The van der Waals surface area contributed by atoms with E-state index in [2.05, 4.69) is 10.1 Å². The minimum Gasteiger partial charge on any atom is -0.455 e. The second-order valence-electron chi connectivity index (χ2n) is 5.40. The molecule has 0 fully saturated rings. The van der Waals surface area contributed by atoms with Crippen LogP contribution in [-0.4, -0.2) is 25.1 Å². The molecule has 0 aromatic heterocycles. The Kier molecular flexibility index (Phi) is 7.08. The highest BCUT2D eigenvalue weighted by molar-refractivity contribution is 5.94. The van der Waals surface area contributed by atoms with Crippen LogP contribution in [0.2, 0.25) is 0 Å². The van der Waals surface area contributed by atoms with Gasteiger partial charge in [-0.25, -0.2) is 0 Å². The molecule has 7 heteroatoms. The van der Waals surface area contributed by atoms with Crippen molar-refractivity contribution in [2.75, 3.05) is 11.9 Å². The lowest BCUT2D eigenvalue weighted by atomic mass is 9.97. The minimum atomic E-state index is -3.01. The van der Waals surface area contributed by atoms with E-state index in [4.69, 9.17) is 4.74 Å². The summed E-state index contributed by atoms with van der Waals surface area (Å²) in [5, 5.41) is 2.39. The first-order chi connectivity index (χ1) is 12.5. The topological polar surface area (TPSA) is 64.6 Å². The molecule has 0 heterocycles. The van der Waals surface area contributed by atoms with Gasteiger partial charge in [-0.2, -0.15) is 8.78 Å². The quantitative estimate of drug-likeness (QED) is 0.721. The SMILES string of the molecule is CCC(C(=O)OCC(=O)Nc1ccccc1OC(F)F)c1ccccc1. The second-order valence-corrected chi connectivity index (χ2v) is 5.40. The van der Waals surface area contributed by atoms with Crippen molar-refractivity contribution in [2.45, 2.75) is 25.9 Å². The number of anilines is 1. The van der Waals surface area contributed by atoms with Gasteiger partial charge in [0.25, 0.3) is 5.91 Å². The molecule has 0 radical (unpaired) electrons. The van der Waals surface area contributed by atoms with Crippen molar-refractivity contribution in [3.05, 3.63) is 60.2 Å². The highest BCUT2D eigenvalue weighted by Gasteiger charge is 2.21. The van der Waals surface area contributed by atoms with Crippen molar-refractivity contribution in [3.8, 4) is 5.75 Å². The number of halogens is 2. The summed E-state index contributed by atoms with van der Waals surface area (Å²) in [4.78, 5) is 24.2. The Balaban J connectivity index is 1.93. The lowest BCUT2D eigenvalue weighted by Gasteiger charge is -2.15. The van der Waals surface area contributed by atoms with Crippen LogP contribution in [0.15, 0.2) is 54.6 Å². The predicted molar refractivity (Wildman–Crippen MR) is 92.1 cm³/mol. The molecule has 1 N–H and O–H groups in total. The Hall–Kier alpha value is -2.96. The standard InChI is InChI=1S/C19H19F2NO4/c1-2-14(13-8-4-3-5-9-13)18(24)25-12-17(23)22-15-10-6-7-11-16(15)26-19(20)21/h3-11,14,19H,2,12H2,1H3,(H,22,23). The van der Waals surface area contributed by atoms with E-state index in [1.807, 2.05) is 37.3 Å². The number of ether oxygens (including phenoxy) is 2. The van der Waals surface area contributed by atoms with E-state index in [1.54, 1.807) is 6.07 Å². The number of amides is 1. The van der Waals surface area contributed by atoms with E-state index in [1.165, 1.54) is 18.2 Å². The molecule has 0 bridgehead atoms. The van der Waals surface area contributed by atoms with Crippen LogP contribution in [0.25, 0.3) is 0 Å². The van der Waals surface area contributed by atoms with Gasteiger partial charge in [-0.3, -0.25) is 9.59 Å². The largest absolute Gasteiger partial charge is 0.455 e. The Labute approximate surface area is 149 Å². The number of carbonyl (C=O) groups is 2. The molecule has 2 aromatic carbocycles. The van der Waals surface area contributed by atoms with Crippen molar-refractivity contribution in [1.29, 1.82) is 0 Å². The average molecular weight is 363 g/mol. The summed E-state index contributed by atoms with van der Waals surface area (Å²) in [6.07, 6.45) is 0.523. The Morgan fingerprint density at radius 1 is 1.04 bits per heavy atom. The summed E-state index contributed by atoms with van der Waals surface area (Å²) in [6, 6.07) is 14.9. The zero-order chi connectivity index (χ0) is 18.9. The molecule has 0 spiro atoms. The summed E-state index contributed by atoms with van der Waals surface area (Å²) in [5.41, 5.74) is 0.875. The molecule has 2 rings (SSSR count). The van der Waals surface area contributed by atoms with Gasteiger partial charge >= 0.3 is 12.6 Å². The van der Waals surface area contributed by atoms with Crippen LogP contribution in [0.5, 0.6) is 5.75 Å². The van der Waals surface area contributed by atoms with E-state index >= 15 is 0 Å². The van der Waals surface area contributed by atoms with Gasteiger partial charge in [-0.15, -0.1) is 0 Å². The molecule has 0 aliphatic rings. The van der Waals surface area contributed by atoms with Crippen molar-refractivity contribution in [3.63, 3.8) is 0 Å². The second kappa shape index (κ2) is 9.50. The summed E-state index contributed by atoms with van der Waals surface area (Å²) in [5.74, 6) is -1.81. The molecule has 1 atom stereocenters. The van der Waals surface area contributed by atoms with Crippen LogP contribution in [0.1, 0.15) is 24.8 Å². The summed E-state index contributed by atoms with van der Waals surface area (Å²) < 4.78 is 34.1. The molecule has 26 heavy (non-hydrogen) atoms. The zero-order valence-corrected chi connectivity index (χ0v) is 14.2. The molecule has 0 saturated heterocycles. The van der Waals surface area contributed by atoms with Gasteiger partial charge in [-0.1, -0.05) is 49.4 Å². The minimum absolute atomic E-state index is 0.0731. The fourth-order valence-corrected chi connectivity index (χ4v) is 2.42. The number of esters is 1. The Morgan fingerprint density at radius 3 is 2.35 bits per heavy atom. The molecule has 1 unspecified atom stereocenters. The number of benzene rings is 2. The Bertz CT molecular complexity index is 737. The van der Waals surface area contributed by atoms with E-state index in [0.29, 0.717) is 6.42 Å². The van der Waals surface area contributed by atoms with E-state index < -0.39 is 31.0 Å². The van der Waals surface area contributed by atoms with Crippen LogP contribution < -0.4 is 10.1 Å². The van der Waals surface area contributed by atoms with E-state index in [0.717, 1.165) is 5.56 Å². The normalized spacial score (nSPS) is 11.7. The number of carbonyl (C=O) groups excluding carboxylic acids is 2. The van der Waals surface area contributed by atoms with E-state index in [9.17, 15) is 18.4 Å². The van der Waals surface area contributed by atoms with Gasteiger partial charge in [0.1, 0.15) is 5.75 Å². The van der Waals surface area contributed by atoms with Crippen LogP contribution in [0.3, 0.4) is 0 Å². The fraction of sp³-hybridized carbons (Fsp3) is 0.263. The van der Waals surface area contributed by atoms with Crippen LogP contribution >= 0.6 is 0 Å². The molecule has 1 amide bonds. The predicted octanol–water partition coefficient (Wildman–Crippen LogP) is 3.96. The van der Waals surface area contributed by atoms with Gasteiger partial charge in [0, 0.05) is 0 Å². The maximum absolute atomic E-state index is 12.4. The molecule has 0 aliphatic heterocycles. The maximum Gasteiger partial charge on any atom is 0.387 e. The average Bonchev–Trinajstić information content (AvgIpc) is 2.63. The van der Waals surface area contributed by atoms with Gasteiger partial charge in [-0.05, 0) is 24.1 Å². The van der Waals surface area contributed by atoms with Gasteiger partial charge < -0.3 is 14.8 Å². The maximum atomic E-state index is 12.4. The number of alkyl halides is 2. The number of hydrogen-bond donors (Lipinski definition) is 1.